The second kappa shape index (κ2) is 6.87. The van der Waals surface area contributed by atoms with E-state index in [2.05, 4.69) is 28.7 Å². The summed E-state index contributed by atoms with van der Waals surface area (Å²) in [4.78, 5) is 11.8. The summed E-state index contributed by atoms with van der Waals surface area (Å²) in [5, 5.41) is 7.38. The Hall–Kier alpha value is -1.13. The molecule has 0 saturated carbocycles. The minimum atomic E-state index is 0.0576. The van der Waals surface area contributed by atoms with E-state index in [1.165, 1.54) is 5.56 Å². The zero-order valence-corrected chi connectivity index (χ0v) is 12.0. The monoisotopic (exact) mass is 279 g/mol. The highest BCUT2D eigenvalue weighted by molar-refractivity contribution is 7.08. The van der Waals surface area contributed by atoms with E-state index in [1.54, 1.807) is 17.4 Å². The molecule has 1 aromatic heterocycles. The Morgan fingerprint density at radius 2 is 2.32 bits per heavy atom. The molecule has 1 aliphatic rings. The average Bonchev–Trinajstić information content (AvgIpc) is 2.98. The maximum Gasteiger partial charge on any atom is 0.220 e. The molecule has 0 aromatic carbocycles. The third kappa shape index (κ3) is 3.67. The lowest BCUT2D eigenvalue weighted by Crippen LogP contribution is -2.44. The molecule has 1 aromatic rings. The van der Waals surface area contributed by atoms with Crippen LogP contribution in [0.1, 0.15) is 31.2 Å². The number of ether oxygens (including phenoxy) is 1. The molecule has 104 valence electrons. The highest BCUT2D eigenvalue weighted by Gasteiger charge is 2.35. The second-order valence-electron chi connectivity index (χ2n) is 5.01. The lowest BCUT2D eigenvalue weighted by atomic mass is 9.75. The van der Waals surface area contributed by atoms with E-state index in [4.69, 9.17) is 4.74 Å². The molecular weight excluding hydrogens is 258 g/mol. The van der Waals surface area contributed by atoms with Crippen LogP contribution in [0.3, 0.4) is 0 Å². The van der Waals surface area contributed by atoms with E-state index < -0.39 is 0 Å². The van der Waals surface area contributed by atoms with Crippen molar-refractivity contribution in [2.24, 2.45) is 0 Å². The van der Waals surface area contributed by atoms with Gasteiger partial charge in [-0.1, -0.05) is 6.08 Å². The number of carbonyl (C=O) groups is 1. The summed E-state index contributed by atoms with van der Waals surface area (Å²) in [6.45, 7) is 5.91. The zero-order valence-electron chi connectivity index (χ0n) is 11.2. The molecule has 0 radical (unpaired) electrons. The summed E-state index contributed by atoms with van der Waals surface area (Å²) in [6, 6.07) is 2.17. The molecule has 1 amide bonds. The molecule has 1 saturated heterocycles. The van der Waals surface area contributed by atoms with E-state index >= 15 is 0 Å². The normalized spacial score (nSPS) is 17.9. The van der Waals surface area contributed by atoms with E-state index in [0.29, 0.717) is 13.0 Å². The first-order chi connectivity index (χ1) is 9.27. The Kier molecular flexibility index (Phi) is 5.16. The van der Waals surface area contributed by atoms with Crippen LogP contribution in [0.15, 0.2) is 29.5 Å². The van der Waals surface area contributed by atoms with Crippen molar-refractivity contribution in [3.05, 3.63) is 35.0 Å². The highest BCUT2D eigenvalue weighted by atomic mass is 32.1. The Morgan fingerprint density at radius 3 is 2.95 bits per heavy atom. The SMILES string of the molecule is C=CCCC(=O)NCC1(c2ccsc2)CCOCC1. The van der Waals surface area contributed by atoms with Crippen LogP contribution in [0.5, 0.6) is 0 Å². The first kappa shape index (κ1) is 14.3. The molecule has 0 bridgehead atoms. The molecule has 0 spiro atoms. The summed E-state index contributed by atoms with van der Waals surface area (Å²) in [5.41, 5.74) is 1.40. The summed E-state index contributed by atoms with van der Waals surface area (Å²) in [6.07, 6.45) is 5.00. The third-order valence-corrected chi connectivity index (χ3v) is 4.47. The maximum atomic E-state index is 11.8. The fourth-order valence-electron chi connectivity index (χ4n) is 2.49. The number of hydrogen-bond acceptors (Lipinski definition) is 3. The van der Waals surface area contributed by atoms with Crippen molar-refractivity contribution in [3.63, 3.8) is 0 Å². The van der Waals surface area contributed by atoms with Crippen LogP contribution in [0, 0.1) is 0 Å². The molecule has 0 aliphatic carbocycles. The lowest BCUT2D eigenvalue weighted by molar-refractivity contribution is -0.121. The van der Waals surface area contributed by atoms with Crippen molar-refractivity contribution in [2.75, 3.05) is 19.8 Å². The van der Waals surface area contributed by atoms with E-state index in [-0.39, 0.29) is 11.3 Å². The summed E-state index contributed by atoms with van der Waals surface area (Å²) >= 11 is 1.71. The zero-order chi connectivity index (χ0) is 13.6. The van der Waals surface area contributed by atoms with Gasteiger partial charge in [-0.3, -0.25) is 4.79 Å². The summed E-state index contributed by atoms with van der Waals surface area (Å²) in [5.74, 6) is 0.112. The number of carbonyl (C=O) groups excluding carboxylic acids is 1. The Balaban J connectivity index is 1.99. The van der Waals surface area contributed by atoms with E-state index in [1.807, 2.05) is 0 Å². The van der Waals surface area contributed by atoms with Gasteiger partial charge in [0, 0.05) is 31.6 Å². The molecular formula is C15H21NO2S. The minimum absolute atomic E-state index is 0.0576. The molecule has 1 aliphatic heterocycles. The van der Waals surface area contributed by atoms with Gasteiger partial charge in [-0.05, 0) is 41.7 Å². The van der Waals surface area contributed by atoms with Crippen molar-refractivity contribution in [3.8, 4) is 0 Å². The first-order valence-electron chi connectivity index (χ1n) is 6.75. The number of hydrogen-bond donors (Lipinski definition) is 1. The topological polar surface area (TPSA) is 38.3 Å². The van der Waals surface area contributed by atoms with E-state index in [0.717, 1.165) is 32.5 Å². The minimum Gasteiger partial charge on any atom is -0.381 e. The third-order valence-electron chi connectivity index (χ3n) is 3.78. The molecule has 4 heteroatoms. The van der Waals surface area contributed by atoms with E-state index in [9.17, 15) is 4.79 Å². The van der Waals surface area contributed by atoms with Crippen LogP contribution in [0.2, 0.25) is 0 Å². The first-order valence-corrected chi connectivity index (χ1v) is 7.69. The van der Waals surface area contributed by atoms with Crippen LogP contribution < -0.4 is 5.32 Å². The van der Waals surface area contributed by atoms with Crippen LogP contribution >= 0.6 is 11.3 Å². The van der Waals surface area contributed by atoms with Gasteiger partial charge in [-0.2, -0.15) is 11.3 Å². The molecule has 19 heavy (non-hydrogen) atoms. The maximum absolute atomic E-state index is 11.8. The van der Waals surface area contributed by atoms with Gasteiger partial charge in [-0.25, -0.2) is 0 Å². The lowest BCUT2D eigenvalue weighted by Gasteiger charge is -2.37. The molecule has 0 unspecified atom stereocenters. The summed E-state index contributed by atoms with van der Waals surface area (Å²) in [7, 11) is 0. The standard InChI is InChI=1S/C15H21NO2S/c1-2-3-4-14(17)16-12-15(6-8-18-9-7-15)13-5-10-19-11-13/h2,5,10-11H,1,3-4,6-9,12H2,(H,16,17). The Labute approximate surface area is 118 Å². The number of thiophene rings is 1. The molecule has 2 rings (SSSR count). The molecule has 3 nitrogen and oxygen atoms in total. The van der Waals surface area contributed by atoms with Crippen molar-refractivity contribution < 1.29 is 9.53 Å². The molecule has 0 atom stereocenters. The van der Waals surface area contributed by atoms with Gasteiger partial charge in [0.05, 0.1) is 0 Å². The number of nitrogens with one attached hydrogen (secondary N) is 1. The van der Waals surface area contributed by atoms with Gasteiger partial charge in [0.25, 0.3) is 0 Å². The average molecular weight is 279 g/mol. The Bertz CT molecular complexity index is 408. The van der Waals surface area contributed by atoms with Gasteiger partial charge in [0.1, 0.15) is 0 Å². The van der Waals surface area contributed by atoms with Crippen molar-refractivity contribution in [1.82, 2.24) is 5.32 Å². The largest absolute Gasteiger partial charge is 0.381 e. The van der Waals surface area contributed by atoms with Crippen LogP contribution in [-0.4, -0.2) is 25.7 Å². The predicted molar refractivity (Wildman–Crippen MR) is 78.5 cm³/mol. The number of amides is 1. The molecule has 2 heterocycles. The fourth-order valence-corrected chi connectivity index (χ4v) is 3.26. The molecule has 1 N–H and O–H groups in total. The van der Waals surface area contributed by atoms with Crippen molar-refractivity contribution >= 4 is 17.2 Å². The quantitative estimate of drug-likeness (QED) is 0.813. The van der Waals surface area contributed by atoms with Gasteiger partial charge >= 0.3 is 0 Å². The van der Waals surface area contributed by atoms with Gasteiger partial charge in [0.15, 0.2) is 0 Å². The highest BCUT2D eigenvalue weighted by Crippen LogP contribution is 2.35. The van der Waals surface area contributed by atoms with Gasteiger partial charge < -0.3 is 10.1 Å². The fraction of sp³-hybridized carbons (Fsp3) is 0.533. The molecule has 1 fully saturated rings. The Morgan fingerprint density at radius 1 is 1.53 bits per heavy atom. The van der Waals surface area contributed by atoms with Crippen LogP contribution in [0.4, 0.5) is 0 Å². The second-order valence-corrected chi connectivity index (χ2v) is 5.79. The number of allylic oxidation sites excluding steroid dienone is 1. The van der Waals surface area contributed by atoms with Crippen LogP contribution in [-0.2, 0) is 14.9 Å². The van der Waals surface area contributed by atoms with Crippen molar-refractivity contribution in [1.29, 1.82) is 0 Å². The predicted octanol–water partition coefficient (Wildman–Crippen LogP) is 2.88. The van der Waals surface area contributed by atoms with Gasteiger partial charge in [-0.15, -0.1) is 6.58 Å². The summed E-state index contributed by atoms with van der Waals surface area (Å²) < 4.78 is 5.47. The smallest absolute Gasteiger partial charge is 0.220 e. The van der Waals surface area contributed by atoms with Gasteiger partial charge in [0.2, 0.25) is 5.91 Å². The number of rotatable bonds is 6. The van der Waals surface area contributed by atoms with Crippen molar-refractivity contribution in [2.45, 2.75) is 31.1 Å². The van der Waals surface area contributed by atoms with Crippen LogP contribution in [0.25, 0.3) is 0 Å².